The normalized spacial score (nSPS) is 19.4. The molecule has 0 atom stereocenters. The molecule has 0 bridgehead atoms. The smallest absolute Gasteiger partial charge is 0.212 e. The second kappa shape index (κ2) is 3.04. The van der Waals surface area contributed by atoms with Crippen molar-refractivity contribution in [3.63, 3.8) is 0 Å². The second-order valence-corrected chi connectivity index (χ2v) is 3.80. The molecular formula is C6H9IN4. The fourth-order valence-corrected chi connectivity index (χ4v) is 2.14. The molecule has 0 spiro atoms. The molecule has 5 heteroatoms. The first-order valence-electron chi connectivity index (χ1n) is 3.81. The average Bonchev–Trinajstić information content (AvgIpc) is 2.55. The van der Waals surface area contributed by atoms with E-state index in [0.717, 1.165) is 3.83 Å². The van der Waals surface area contributed by atoms with Gasteiger partial charge in [0.2, 0.25) is 3.83 Å². The molecule has 0 aromatic carbocycles. The lowest BCUT2D eigenvalue weighted by molar-refractivity contribution is 0.445. The van der Waals surface area contributed by atoms with Crippen LogP contribution in [0.5, 0.6) is 0 Å². The first-order chi connectivity index (χ1) is 5.38. The third-order valence-corrected chi connectivity index (χ3v) is 2.83. The number of nitrogens with zero attached hydrogens (tertiary/aromatic N) is 4. The third kappa shape index (κ3) is 1.38. The zero-order chi connectivity index (χ0) is 7.68. The van der Waals surface area contributed by atoms with Crippen LogP contribution in [0.3, 0.4) is 0 Å². The molecule has 0 amide bonds. The highest BCUT2D eigenvalue weighted by molar-refractivity contribution is 14.1. The van der Waals surface area contributed by atoms with E-state index in [0.29, 0.717) is 6.04 Å². The van der Waals surface area contributed by atoms with E-state index in [4.69, 9.17) is 0 Å². The van der Waals surface area contributed by atoms with Gasteiger partial charge in [-0.15, -0.1) is 5.10 Å². The summed E-state index contributed by atoms with van der Waals surface area (Å²) in [5.41, 5.74) is 0. The average molecular weight is 264 g/mol. The maximum Gasteiger partial charge on any atom is 0.212 e. The van der Waals surface area contributed by atoms with E-state index < -0.39 is 0 Å². The molecule has 4 nitrogen and oxygen atoms in total. The summed E-state index contributed by atoms with van der Waals surface area (Å²) in [5.74, 6) is 0. The molecule has 1 heterocycles. The van der Waals surface area contributed by atoms with Gasteiger partial charge < -0.3 is 0 Å². The molecule has 0 saturated heterocycles. The van der Waals surface area contributed by atoms with Gasteiger partial charge in [-0.25, -0.2) is 4.68 Å². The van der Waals surface area contributed by atoms with Crippen molar-refractivity contribution >= 4 is 22.6 Å². The van der Waals surface area contributed by atoms with Crippen LogP contribution < -0.4 is 0 Å². The molecule has 1 fully saturated rings. The largest absolute Gasteiger partial charge is 0.218 e. The molecule has 1 aromatic heterocycles. The van der Waals surface area contributed by atoms with Crippen molar-refractivity contribution in [2.24, 2.45) is 0 Å². The quantitative estimate of drug-likeness (QED) is 0.720. The third-order valence-electron chi connectivity index (χ3n) is 2.12. The summed E-state index contributed by atoms with van der Waals surface area (Å²) in [6.07, 6.45) is 5.11. The Hall–Kier alpha value is -0.200. The zero-order valence-corrected chi connectivity index (χ0v) is 8.23. The summed E-state index contributed by atoms with van der Waals surface area (Å²) in [7, 11) is 0. The number of tetrazole rings is 1. The van der Waals surface area contributed by atoms with E-state index in [2.05, 4.69) is 38.1 Å². The van der Waals surface area contributed by atoms with E-state index in [1.165, 1.54) is 25.7 Å². The lowest BCUT2D eigenvalue weighted by Crippen LogP contribution is -2.08. The SMILES string of the molecule is Ic1nnnn1C1CCCC1. The number of halogens is 1. The predicted octanol–water partition coefficient (Wildman–Crippen LogP) is 1.39. The molecule has 0 unspecified atom stereocenters. The molecule has 11 heavy (non-hydrogen) atoms. The van der Waals surface area contributed by atoms with Gasteiger partial charge >= 0.3 is 0 Å². The molecule has 2 rings (SSSR count). The van der Waals surface area contributed by atoms with Gasteiger partial charge in [0, 0.05) is 22.6 Å². The van der Waals surface area contributed by atoms with Crippen molar-refractivity contribution in [3.8, 4) is 0 Å². The maximum absolute atomic E-state index is 3.95. The minimum absolute atomic E-state index is 0.567. The van der Waals surface area contributed by atoms with Crippen LogP contribution in [-0.2, 0) is 0 Å². The van der Waals surface area contributed by atoms with E-state index in [1.54, 1.807) is 0 Å². The summed E-state index contributed by atoms with van der Waals surface area (Å²) in [5, 5.41) is 11.4. The lowest BCUT2D eigenvalue weighted by atomic mass is 10.3. The highest BCUT2D eigenvalue weighted by Gasteiger charge is 2.19. The first kappa shape index (κ1) is 7.45. The molecule has 0 aliphatic heterocycles. The Morgan fingerprint density at radius 1 is 1.36 bits per heavy atom. The van der Waals surface area contributed by atoms with Crippen LogP contribution >= 0.6 is 22.6 Å². The molecule has 1 aliphatic rings. The van der Waals surface area contributed by atoms with Gasteiger partial charge in [0.15, 0.2) is 0 Å². The molecular weight excluding hydrogens is 255 g/mol. The van der Waals surface area contributed by atoms with Crippen LogP contribution in [0, 0.1) is 3.83 Å². The van der Waals surface area contributed by atoms with Crippen molar-refractivity contribution in [2.75, 3.05) is 0 Å². The van der Waals surface area contributed by atoms with Crippen LogP contribution in [-0.4, -0.2) is 20.2 Å². The monoisotopic (exact) mass is 264 g/mol. The standard InChI is InChI=1S/C6H9IN4/c7-6-8-9-10-11(6)5-3-1-2-4-5/h5H,1-4H2. The van der Waals surface area contributed by atoms with E-state index in [-0.39, 0.29) is 0 Å². The number of rotatable bonds is 1. The van der Waals surface area contributed by atoms with Crippen LogP contribution in [0.4, 0.5) is 0 Å². The van der Waals surface area contributed by atoms with Gasteiger partial charge in [0.05, 0.1) is 6.04 Å². The molecule has 1 aromatic rings. The zero-order valence-electron chi connectivity index (χ0n) is 6.07. The Morgan fingerprint density at radius 2 is 2.09 bits per heavy atom. The van der Waals surface area contributed by atoms with Crippen LogP contribution in [0.1, 0.15) is 31.7 Å². The lowest BCUT2D eigenvalue weighted by Gasteiger charge is -2.07. The maximum atomic E-state index is 3.95. The van der Waals surface area contributed by atoms with Gasteiger partial charge in [-0.3, -0.25) is 0 Å². The Labute approximate surface area is 78.5 Å². The van der Waals surface area contributed by atoms with Crippen molar-refractivity contribution in [1.82, 2.24) is 20.2 Å². The van der Waals surface area contributed by atoms with Gasteiger partial charge in [-0.05, 0) is 23.3 Å². The van der Waals surface area contributed by atoms with Crippen LogP contribution in [0.25, 0.3) is 0 Å². The van der Waals surface area contributed by atoms with Crippen molar-refractivity contribution in [2.45, 2.75) is 31.7 Å². The molecule has 60 valence electrons. The van der Waals surface area contributed by atoms with Gasteiger partial charge in [0.25, 0.3) is 0 Å². The molecule has 0 N–H and O–H groups in total. The second-order valence-electron chi connectivity index (χ2n) is 2.83. The van der Waals surface area contributed by atoms with E-state index >= 15 is 0 Å². The van der Waals surface area contributed by atoms with Crippen molar-refractivity contribution < 1.29 is 0 Å². The first-order valence-corrected chi connectivity index (χ1v) is 4.89. The minimum Gasteiger partial charge on any atom is -0.218 e. The Balaban J connectivity index is 2.21. The van der Waals surface area contributed by atoms with Gasteiger partial charge in [-0.2, -0.15) is 0 Å². The minimum atomic E-state index is 0.567. The molecule has 0 radical (unpaired) electrons. The van der Waals surface area contributed by atoms with Crippen LogP contribution in [0.15, 0.2) is 0 Å². The van der Waals surface area contributed by atoms with Crippen molar-refractivity contribution in [1.29, 1.82) is 0 Å². The van der Waals surface area contributed by atoms with E-state index in [9.17, 15) is 0 Å². The summed E-state index contributed by atoms with van der Waals surface area (Å²) >= 11 is 2.17. The number of aromatic nitrogens is 4. The van der Waals surface area contributed by atoms with Crippen molar-refractivity contribution in [3.05, 3.63) is 3.83 Å². The summed E-state index contributed by atoms with van der Waals surface area (Å²) in [4.78, 5) is 0. The number of hydrogen-bond donors (Lipinski definition) is 0. The van der Waals surface area contributed by atoms with Crippen LogP contribution in [0.2, 0.25) is 0 Å². The Bertz CT molecular complexity index is 240. The Kier molecular flexibility index (Phi) is 2.06. The summed E-state index contributed by atoms with van der Waals surface area (Å²) in [6.45, 7) is 0. The fraction of sp³-hybridized carbons (Fsp3) is 0.833. The highest BCUT2D eigenvalue weighted by atomic mass is 127. The van der Waals surface area contributed by atoms with Gasteiger partial charge in [0.1, 0.15) is 0 Å². The number of hydrogen-bond acceptors (Lipinski definition) is 3. The summed E-state index contributed by atoms with van der Waals surface area (Å²) < 4.78 is 2.85. The predicted molar refractivity (Wildman–Crippen MR) is 48.0 cm³/mol. The topological polar surface area (TPSA) is 43.6 Å². The molecule has 1 aliphatic carbocycles. The fourth-order valence-electron chi connectivity index (χ4n) is 1.56. The van der Waals surface area contributed by atoms with Gasteiger partial charge in [-0.1, -0.05) is 12.8 Å². The highest BCUT2D eigenvalue weighted by Crippen LogP contribution is 2.29. The van der Waals surface area contributed by atoms with E-state index in [1.807, 2.05) is 4.68 Å². The molecule has 1 saturated carbocycles. The summed E-state index contributed by atoms with van der Waals surface area (Å²) in [6, 6.07) is 0.567. The Morgan fingerprint density at radius 3 is 2.64 bits per heavy atom.